The lowest BCUT2D eigenvalue weighted by atomic mass is 10.1. The largest absolute Gasteiger partial charge is 0.337 e. The Kier molecular flexibility index (Phi) is 4.48. The first-order valence-electron chi connectivity index (χ1n) is 8.37. The van der Waals surface area contributed by atoms with Crippen molar-refractivity contribution >= 4 is 32.4 Å². The van der Waals surface area contributed by atoms with E-state index in [0.717, 1.165) is 5.39 Å². The van der Waals surface area contributed by atoms with Crippen LogP contribution in [0.4, 0.5) is 0 Å². The molecule has 1 aliphatic heterocycles. The molecule has 1 saturated heterocycles. The van der Waals surface area contributed by atoms with E-state index in [4.69, 9.17) is 11.6 Å². The predicted molar refractivity (Wildman–Crippen MR) is 102 cm³/mol. The van der Waals surface area contributed by atoms with Gasteiger partial charge in [-0.15, -0.1) is 0 Å². The number of hydrogen-bond acceptors (Lipinski definition) is 4. The Labute approximate surface area is 157 Å². The van der Waals surface area contributed by atoms with E-state index < -0.39 is 10.0 Å². The molecule has 6 nitrogen and oxygen atoms in total. The highest BCUT2D eigenvalue weighted by Gasteiger charge is 2.38. The third kappa shape index (κ3) is 2.81. The molecule has 0 bridgehead atoms. The van der Waals surface area contributed by atoms with Crippen molar-refractivity contribution in [2.75, 3.05) is 19.6 Å². The average molecular weight is 391 g/mol. The highest BCUT2D eigenvalue weighted by molar-refractivity contribution is 7.89. The van der Waals surface area contributed by atoms with Gasteiger partial charge in [0, 0.05) is 44.5 Å². The van der Waals surface area contributed by atoms with Crippen LogP contribution in [0.2, 0.25) is 5.02 Å². The van der Waals surface area contributed by atoms with Crippen LogP contribution < -0.4 is 5.32 Å². The van der Waals surface area contributed by atoms with E-state index >= 15 is 0 Å². The Bertz CT molecular complexity index is 1060. The first-order chi connectivity index (χ1) is 12.5. The Balaban J connectivity index is 1.88. The van der Waals surface area contributed by atoms with Gasteiger partial charge in [-0.25, -0.2) is 13.4 Å². The van der Waals surface area contributed by atoms with Crippen LogP contribution in [-0.2, 0) is 17.1 Å². The number of rotatable bonds is 3. The van der Waals surface area contributed by atoms with Crippen molar-refractivity contribution in [1.29, 1.82) is 0 Å². The van der Waals surface area contributed by atoms with E-state index in [1.54, 1.807) is 18.3 Å². The van der Waals surface area contributed by atoms with Crippen LogP contribution in [0.5, 0.6) is 0 Å². The molecule has 0 radical (unpaired) electrons. The Hall–Kier alpha value is -1.93. The molecule has 8 heteroatoms. The monoisotopic (exact) mass is 390 g/mol. The number of halogens is 1. The molecule has 1 unspecified atom stereocenters. The Morgan fingerprint density at radius 1 is 1.23 bits per heavy atom. The Morgan fingerprint density at radius 2 is 2.04 bits per heavy atom. The minimum absolute atomic E-state index is 0.165. The van der Waals surface area contributed by atoms with Crippen LogP contribution in [-0.4, -0.2) is 41.9 Å². The summed E-state index contributed by atoms with van der Waals surface area (Å²) < 4.78 is 30.6. The molecule has 2 heterocycles. The van der Waals surface area contributed by atoms with Crippen molar-refractivity contribution in [2.24, 2.45) is 7.05 Å². The van der Waals surface area contributed by atoms with Crippen LogP contribution in [0.15, 0.2) is 53.7 Å². The second-order valence-corrected chi connectivity index (χ2v) is 8.56. The van der Waals surface area contributed by atoms with Gasteiger partial charge < -0.3 is 9.88 Å². The van der Waals surface area contributed by atoms with Crippen molar-refractivity contribution in [3.05, 3.63) is 59.6 Å². The number of aryl methyl sites for hydroxylation is 1. The maximum absolute atomic E-state index is 13.6. The summed E-state index contributed by atoms with van der Waals surface area (Å²) in [5.74, 6) is 0.706. The molecule has 1 N–H and O–H groups in total. The molecule has 1 fully saturated rings. The zero-order valence-corrected chi connectivity index (χ0v) is 15.8. The standard InChI is InChI=1S/C18H19ClN4O2S/c1-22-10-9-21-18(22)16-12-20-8-11-23(16)26(24,25)17-14-5-3-2-4-13(14)6-7-15(17)19/h2-7,9-10,16,20H,8,11-12H2,1H3. The molecule has 0 aliphatic carbocycles. The van der Waals surface area contributed by atoms with Crippen LogP contribution in [0.3, 0.4) is 0 Å². The van der Waals surface area contributed by atoms with Gasteiger partial charge >= 0.3 is 0 Å². The van der Waals surface area contributed by atoms with Crippen LogP contribution in [0.1, 0.15) is 11.9 Å². The lowest BCUT2D eigenvalue weighted by Gasteiger charge is -2.35. The summed E-state index contributed by atoms with van der Waals surface area (Å²) in [7, 11) is -1.94. The predicted octanol–water partition coefficient (Wildman–Crippen LogP) is 2.56. The van der Waals surface area contributed by atoms with Gasteiger partial charge in [0.2, 0.25) is 10.0 Å². The molecule has 1 atom stereocenters. The molecule has 26 heavy (non-hydrogen) atoms. The van der Waals surface area contributed by atoms with Crippen LogP contribution in [0, 0.1) is 0 Å². The number of piperazine rings is 1. The quantitative estimate of drug-likeness (QED) is 0.746. The Morgan fingerprint density at radius 3 is 2.81 bits per heavy atom. The van der Waals surface area contributed by atoms with Gasteiger partial charge in [0.25, 0.3) is 0 Å². The highest BCUT2D eigenvalue weighted by atomic mass is 35.5. The number of hydrogen-bond donors (Lipinski definition) is 1. The van der Waals surface area contributed by atoms with Gasteiger partial charge in [-0.3, -0.25) is 0 Å². The summed E-state index contributed by atoms with van der Waals surface area (Å²) in [5, 5.41) is 4.98. The molecule has 1 aliphatic rings. The maximum Gasteiger partial charge on any atom is 0.245 e. The summed E-state index contributed by atoms with van der Waals surface area (Å²) in [4.78, 5) is 4.53. The molecular weight excluding hydrogens is 372 g/mol. The first-order valence-corrected chi connectivity index (χ1v) is 10.2. The minimum atomic E-state index is -3.80. The van der Waals surface area contributed by atoms with Crippen LogP contribution in [0.25, 0.3) is 10.8 Å². The lowest BCUT2D eigenvalue weighted by molar-refractivity contribution is 0.258. The van der Waals surface area contributed by atoms with Gasteiger partial charge in [0.05, 0.1) is 11.1 Å². The zero-order chi connectivity index (χ0) is 18.3. The number of nitrogens with zero attached hydrogens (tertiary/aromatic N) is 3. The fourth-order valence-electron chi connectivity index (χ4n) is 3.49. The highest BCUT2D eigenvalue weighted by Crippen LogP contribution is 2.36. The fraction of sp³-hybridized carbons (Fsp3) is 0.278. The topological polar surface area (TPSA) is 67.2 Å². The zero-order valence-electron chi connectivity index (χ0n) is 14.3. The summed E-state index contributed by atoms with van der Waals surface area (Å²) in [5.41, 5.74) is 0. The SMILES string of the molecule is Cn1ccnc1C1CNCCN1S(=O)(=O)c1c(Cl)ccc2ccccc12. The number of imidazole rings is 1. The minimum Gasteiger partial charge on any atom is -0.337 e. The molecule has 4 rings (SSSR count). The molecule has 0 saturated carbocycles. The smallest absolute Gasteiger partial charge is 0.245 e. The summed E-state index contributed by atoms with van der Waals surface area (Å²) in [6.07, 6.45) is 3.50. The normalized spacial score (nSPS) is 19.1. The summed E-state index contributed by atoms with van der Waals surface area (Å²) >= 11 is 6.37. The van der Waals surface area contributed by atoms with Gasteiger partial charge in [-0.1, -0.05) is 41.9 Å². The molecule has 3 aromatic rings. The van der Waals surface area contributed by atoms with Gasteiger partial charge in [0.1, 0.15) is 10.7 Å². The van der Waals surface area contributed by atoms with E-state index in [-0.39, 0.29) is 16.0 Å². The van der Waals surface area contributed by atoms with Crippen molar-refractivity contribution in [2.45, 2.75) is 10.9 Å². The average Bonchev–Trinajstić information content (AvgIpc) is 3.07. The fourth-order valence-corrected chi connectivity index (χ4v) is 5.79. The van der Waals surface area contributed by atoms with E-state index in [0.29, 0.717) is 30.8 Å². The molecule has 1 aromatic heterocycles. The van der Waals surface area contributed by atoms with Crippen molar-refractivity contribution < 1.29 is 8.42 Å². The number of sulfonamides is 1. The second-order valence-electron chi connectivity index (χ2n) is 6.33. The van der Waals surface area contributed by atoms with Gasteiger partial charge in [0.15, 0.2) is 0 Å². The summed E-state index contributed by atoms with van der Waals surface area (Å²) in [6, 6.07) is 10.5. The molecule has 0 amide bonds. The molecular formula is C18H19ClN4O2S. The van der Waals surface area contributed by atoms with Crippen molar-refractivity contribution in [1.82, 2.24) is 19.2 Å². The second kappa shape index (κ2) is 6.66. The number of benzene rings is 2. The van der Waals surface area contributed by atoms with E-state index in [1.165, 1.54) is 4.31 Å². The summed E-state index contributed by atoms with van der Waals surface area (Å²) in [6.45, 7) is 1.45. The number of nitrogens with one attached hydrogen (secondary N) is 1. The van der Waals surface area contributed by atoms with Gasteiger partial charge in [-0.05, 0) is 11.5 Å². The van der Waals surface area contributed by atoms with Crippen LogP contribution >= 0.6 is 11.6 Å². The first kappa shape index (κ1) is 17.5. The maximum atomic E-state index is 13.6. The molecule has 0 spiro atoms. The third-order valence-electron chi connectivity index (χ3n) is 4.75. The lowest BCUT2D eigenvalue weighted by Crippen LogP contribution is -2.49. The van der Waals surface area contributed by atoms with Gasteiger partial charge in [-0.2, -0.15) is 4.31 Å². The van der Waals surface area contributed by atoms with Crippen molar-refractivity contribution in [3.8, 4) is 0 Å². The molecule has 136 valence electrons. The van der Waals surface area contributed by atoms with E-state index in [1.807, 2.05) is 42.1 Å². The number of aromatic nitrogens is 2. The van der Waals surface area contributed by atoms with E-state index in [2.05, 4.69) is 10.3 Å². The molecule has 2 aromatic carbocycles. The van der Waals surface area contributed by atoms with E-state index in [9.17, 15) is 8.42 Å². The number of fused-ring (bicyclic) bond motifs is 1. The van der Waals surface area contributed by atoms with Crippen molar-refractivity contribution in [3.63, 3.8) is 0 Å². The third-order valence-corrected chi connectivity index (χ3v) is 7.19.